The fourth-order valence-electron chi connectivity index (χ4n) is 2.96. The average molecular weight is 352 g/mol. The van der Waals surface area contributed by atoms with Gasteiger partial charge in [0.2, 0.25) is 0 Å². The normalized spacial score (nSPS) is 16.2. The summed E-state index contributed by atoms with van der Waals surface area (Å²) in [5, 5.41) is 11.0. The third kappa shape index (κ3) is 3.09. The van der Waals surface area contributed by atoms with E-state index in [-0.39, 0.29) is 30.1 Å². The number of aromatic nitrogens is 3. The highest BCUT2D eigenvalue weighted by Gasteiger charge is 2.27. The molecule has 0 saturated heterocycles. The molecule has 7 heteroatoms. The lowest BCUT2D eigenvalue weighted by Gasteiger charge is -2.24. The molecule has 6 nitrogen and oxygen atoms in total. The maximum Gasteiger partial charge on any atom is 0.278 e. The zero-order chi connectivity index (χ0) is 18.1. The first-order valence-corrected chi connectivity index (χ1v) is 8.28. The number of hydrogen-bond donors (Lipinski definition) is 1. The molecule has 0 fully saturated rings. The number of carbonyl (C=O) groups is 1. The molecule has 1 aliphatic rings. The van der Waals surface area contributed by atoms with Gasteiger partial charge < -0.3 is 10.1 Å². The Morgan fingerprint density at radius 2 is 2.00 bits per heavy atom. The van der Waals surface area contributed by atoms with Crippen molar-refractivity contribution in [2.45, 2.75) is 26.2 Å². The first-order chi connectivity index (χ1) is 12.6. The molecule has 26 heavy (non-hydrogen) atoms. The zero-order valence-corrected chi connectivity index (χ0v) is 14.1. The minimum atomic E-state index is -0.315. The van der Waals surface area contributed by atoms with E-state index in [1.165, 1.54) is 12.1 Å². The number of halogens is 1. The third-order valence-corrected chi connectivity index (χ3v) is 4.45. The van der Waals surface area contributed by atoms with Crippen molar-refractivity contribution in [1.82, 2.24) is 15.0 Å². The molecule has 1 amide bonds. The molecular weight excluding hydrogens is 335 g/mol. The Labute approximate surface area is 149 Å². The maximum atomic E-state index is 13.1. The average Bonchev–Trinajstić information content (AvgIpc) is 3.07. The summed E-state index contributed by atoms with van der Waals surface area (Å²) in [6.45, 7) is 2.56. The van der Waals surface area contributed by atoms with Gasteiger partial charge in [-0.15, -0.1) is 5.10 Å². The van der Waals surface area contributed by atoms with Crippen LogP contribution in [0.25, 0.3) is 0 Å². The molecule has 2 heterocycles. The van der Waals surface area contributed by atoms with Crippen molar-refractivity contribution in [2.24, 2.45) is 0 Å². The van der Waals surface area contributed by atoms with Crippen LogP contribution in [0.5, 0.6) is 0 Å². The first-order valence-electron chi connectivity index (χ1n) is 8.28. The zero-order valence-electron chi connectivity index (χ0n) is 14.1. The highest BCUT2D eigenvalue weighted by atomic mass is 19.1. The lowest BCUT2D eigenvalue weighted by atomic mass is 10.1. The summed E-state index contributed by atoms with van der Waals surface area (Å²) in [5.74, 6) is -0.606. The van der Waals surface area contributed by atoms with Crippen LogP contribution < -0.4 is 5.32 Å². The van der Waals surface area contributed by atoms with Crippen LogP contribution in [0, 0.1) is 12.7 Å². The number of rotatable bonds is 3. The topological polar surface area (TPSA) is 69.0 Å². The summed E-state index contributed by atoms with van der Waals surface area (Å²) in [5.41, 5.74) is 3.45. The smallest absolute Gasteiger partial charge is 0.278 e. The molecule has 2 aromatic carbocycles. The fourth-order valence-corrected chi connectivity index (χ4v) is 2.96. The van der Waals surface area contributed by atoms with E-state index in [1.54, 1.807) is 16.8 Å². The number of amides is 1. The highest BCUT2D eigenvalue weighted by molar-refractivity contribution is 6.03. The Bertz CT molecular complexity index is 952. The van der Waals surface area contributed by atoms with E-state index in [2.05, 4.69) is 15.6 Å². The van der Waals surface area contributed by atoms with E-state index in [1.807, 2.05) is 31.2 Å². The number of benzene rings is 2. The Kier molecular flexibility index (Phi) is 4.22. The molecule has 0 spiro atoms. The molecule has 0 aliphatic carbocycles. The molecule has 1 aliphatic heterocycles. The number of ether oxygens (including phenoxy) is 1. The number of nitrogens with one attached hydrogen (secondary N) is 1. The summed E-state index contributed by atoms with van der Waals surface area (Å²) in [7, 11) is 0. The van der Waals surface area contributed by atoms with Gasteiger partial charge in [0.1, 0.15) is 11.9 Å². The van der Waals surface area contributed by atoms with Crippen molar-refractivity contribution in [3.8, 4) is 0 Å². The minimum absolute atomic E-state index is 0.214. The number of hydrogen-bond acceptors (Lipinski definition) is 4. The standard InChI is InChI=1S/C19H17FN4O2/c1-12-4-2-3-5-15(12)21-19(25)18-16-11-26-17(10-24(16)23-22-18)13-6-8-14(20)9-7-13/h2-9,17H,10-11H2,1H3,(H,21,25). The van der Waals surface area contributed by atoms with E-state index >= 15 is 0 Å². The van der Waals surface area contributed by atoms with Crippen LogP contribution in [0.3, 0.4) is 0 Å². The van der Waals surface area contributed by atoms with E-state index in [0.717, 1.165) is 16.8 Å². The van der Waals surface area contributed by atoms with E-state index in [9.17, 15) is 9.18 Å². The van der Waals surface area contributed by atoms with E-state index in [4.69, 9.17) is 4.74 Å². The molecule has 1 N–H and O–H groups in total. The Hall–Kier alpha value is -3.06. The van der Waals surface area contributed by atoms with Gasteiger partial charge in [-0.05, 0) is 36.2 Å². The molecule has 0 radical (unpaired) electrons. The predicted molar refractivity (Wildman–Crippen MR) is 93.1 cm³/mol. The van der Waals surface area contributed by atoms with Gasteiger partial charge in [-0.3, -0.25) is 4.79 Å². The second-order valence-corrected chi connectivity index (χ2v) is 6.19. The largest absolute Gasteiger partial charge is 0.365 e. The van der Waals surface area contributed by atoms with Gasteiger partial charge in [0, 0.05) is 5.69 Å². The maximum absolute atomic E-state index is 13.1. The number of para-hydroxylation sites is 1. The Balaban J connectivity index is 1.53. The van der Waals surface area contributed by atoms with Gasteiger partial charge in [0.15, 0.2) is 5.69 Å². The summed E-state index contributed by atoms with van der Waals surface area (Å²) in [6.07, 6.45) is -0.253. The molecule has 1 atom stereocenters. The second kappa shape index (κ2) is 6.68. The Morgan fingerprint density at radius 1 is 1.23 bits per heavy atom. The molecule has 132 valence electrons. The highest BCUT2D eigenvalue weighted by Crippen LogP contribution is 2.27. The van der Waals surface area contributed by atoms with Gasteiger partial charge in [-0.25, -0.2) is 9.07 Å². The number of nitrogens with zero attached hydrogens (tertiary/aromatic N) is 3. The molecule has 0 saturated carbocycles. The molecule has 4 rings (SSSR count). The number of carbonyl (C=O) groups excluding carboxylic acids is 1. The lowest BCUT2D eigenvalue weighted by molar-refractivity contribution is -0.00174. The second-order valence-electron chi connectivity index (χ2n) is 6.19. The summed E-state index contributed by atoms with van der Waals surface area (Å²) in [6, 6.07) is 13.7. The van der Waals surface area contributed by atoms with Gasteiger partial charge in [-0.1, -0.05) is 35.5 Å². The number of anilines is 1. The summed E-state index contributed by atoms with van der Waals surface area (Å²) in [4.78, 5) is 12.6. The molecular formula is C19H17FN4O2. The van der Waals surface area contributed by atoms with Crippen LogP contribution in [-0.4, -0.2) is 20.9 Å². The van der Waals surface area contributed by atoms with Crippen LogP contribution in [0.15, 0.2) is 48.5 Å². The quantitative estimate of drug-likeness (QED) is 0.786. The number of fused-ring (bicyclic) bond motifs is 1. The van der Waals surface area contributed by atoms with Crippen molar-refractivity contribution < 1.29 is 13.9 Å². The van der Waals surface area contributed by atoms with Crippen LogP contribution in [0.1, 0.15) is 33.4 Å². The molecule has 3 aromatic rings. The van der Waals surface area contributed by atoms with Crippen molar-refractivity contribution >= 4 is 11.6 Å². The third-order valence-electron chi connectivity index (χ3n) is 4.45. The van der Waals surface area contributed by atoms with E-state index < -0.39 is 0 Å². The summed E-state index contributed by atoms with van der Waals surface area (Å²) >= 11 is 0. The van der Waals surface area contributed by atoms with Crippen LogP contribution in [-0.2, 0) is 17.9 Å². The molecule has 1 unspecified atom stereocenters. The van der Waals surface area contributed by atoms with Gasteiger partial charge in [0.25, 0.3) is 5.91 Å². The predicted octanol–water partition coefficient (Wildman–Crippen LogP) is 3.25. The van der Waals surface area contributed by atoms with Crippen molar-refractivity contribution in [2.75, 3.05) is 5.32 Å². The SMILES string of the molecule is Cc1ccccc1NC(=O)c1nnn2c1COC(c1ccc(F)cc1)C2. The lowest BCUT2D eigenvalue weighted by Crippen LogP contribution is -2.24. The number of aryl methyl sites for hydroxylation is 1. The van der Waals surface area contributed by atoms with Crippen molar-refractivity contribution in [3.05, 3.63) is 76.9 Å². The van der Waals surface area contributed by atoms with E-state index in [0.29, 0.717) is 12.2 Å². The fraction of sp³-hybridized carbons (Fsp3) is 0.211. The minimum Gasteiger partial charge on any atom is -0.365 e. The monoisotopic (exact) mass is 352 g/mol. The van der Waals surface area contributed by atoms with Gasteiger partial charge in [0.05, 0.1) is 18.8 Å². The first kappa shape index (κ1) is 16.4. The molecule has 0 bridgehead atoms. The van der Waals surface area contributed by atoms with Crippen LogP contribution in [0.2, 0.25) is 0 Å². The Morgan fingerprint density at radius 3 is 2.77 bits per heavy atom. The van der Waals surface area contributed by atoms with Gasteiger partial charge >= 0.3 is 0 Å². The van der Waals surface area contributed by atoms with Crippen LogP contribution >= 0.6 is 0 Å². The summed E-state index contributed by atoms with van der Waals surface area (Å²) < 4.78 is 20.6. The van der Waals surface area contributed by atoms with Crippen molar-refractivity contribution in [1.29, 1.82) is 0 Å². The van der Waals surface area contributed by atoms with Crippen LogP contribution in [0.4, 0.5) is 10.1 Å². The van der Waals surface area contributed by atoms with Gasteiger partial charge in [-0.2, -0.15) is 0 Å². The van der Waals surface area contributed by atoms with Crippen molar-refractivity contribution in [3.63, 3.8) is 0 Å². The molecule has 1 aromatic heterocycles.